The van der Waals surface area contributed by atoms with Crippen molar-refractivity contribution < 1.29 is 5.11 Å². The van der Waals surface area contributed by atoms with Gasteiger partial charge in [-0.15, -0.1) is 0 Å². The Hall–Kier alpha value is -0.580. The summed E-state index contributed by atoms with van der Waals surface area (Å²) < 4.78 is 0.841. The first-order valence-electron chi connectivity index (χ1n) is 3.65. The SMILES string of the molecule is OCc1[nH]nc2cc(Cl)cc(Br)c12. The van der Waals surface area contributed by atoms with Crippen molar-refractivity contribution in [2.45, 2.75) is 6.61 Å². The van der Waals surface area contributed by atoms with Crippen molar-refractivity contribution in [1.29, 1.82) is 0 Å². The molecule has 68 valence electrons. The second-order valence-electron chi connectivity index (χ2n) is 2.64. The number of hydrogen-bond acceptors (Lipinski definition) is 2. The van der Waals surface area contributed by atoms with Crippen LogP contribution in [0.3, 0.4) is 0 Å². The van der Waals surface area contributed by atoms with Crippen molar-refractivity contribution in [3.8, 4) is 0 Å². The van der Waals surface area contributed by atoms with Crippen LogP contribution < -0.4 is 0 Å². The lowest BCUT2D eigenvalue weighted by molar-refractivity contribution is 0.278. The number of halogens is 2. The van der Waals surface area contributed by atoms with Crippen LogP contribution in [0.1, 0.15) is 5.69 Å². The molecule has 0 aliphatic carbocycles. The predicted octanol–water partition coefficient (Wildman–Crippen LogP) is 2.47. The van der Waals surface area contributed by atoms with Crippen LogP contribution in [0.15, 0.2) is 16.6 Å². The summed E-state index contributed by atoms with van der Waals surface area (Å²) in [6, 6.07) is 3.52. The topological polar surface area (TPSA) is 48.9 Å². The minimum Gasteiger partial charge on any atom is -0.390 e. The van der Waals surface area contributed by atoms with Crippen molar-refractivity contribution in [2.75, 3.05) is 0 Å². The van der Waals surface area contributed by atoms with Crippen LogP contribution in [0.4, 0.5) is 0 Å². The number of benzene rings is 1. The highest BCUT2D eigenvalue weighted by Crippen LogP contribution is 2.29. The van der Waals surface area contributed by atoms with E-state index in [2.05, 4.69) is 26.1 Å². The zero-order chi connectivity index (χ0) is 9.42. The molecular formula is C8H6BrClN2O. The van der Waals surface area contributed by atoms with E-state index in [4.69, 9.17) is 16.7 Å². The molecule has 0 unspecified atom stereocenters. The van der Waals surface area contributed by atoms with E-state index in [0.29, 0.717) is 10.7 Å². The maximum absolute atomic E-state index is 8.99. The van der Waals surface area contributed by atoms with E-state index in [1.807, 2.05) is 0 Å². The Bertz CT molecular complexity index is 455. The van der Waals surface area contributed by atoms with Gasteiger partial charge in [0.05, 0.1) is 17.8 Å². The lowest BCUT2D eigenvalue weighted by Gasteiger charge is -1.96. The first-order chi connectivity index (χ1) is 6.22. The van der Waals surface area contributed by atoms with Crippen LogP contribution >= 0.6 is 27.5 Å². The van der Waals surface area contributed by atoms with Crippen LogP contribution in [0.2, 0.25) is 5.02 Å². The van der Waals surface area contributed by atoms with Gasteiger partial charge in [0.25, 0.3) is 0 Å². The van der Waals surface area contributed by atoms with Gasteiger partial charge in [-0.25, -0.2) is 0 Å². The van der Waals surface area contributed by atoms with Crippen molar-refractivity contribution in [3.05, 3.63) is 27.3 Å². The maximum Gasteiger partial charge on any atom is 0.0950 e. The summed E-state index contributed by atoms with van der Waals surface area (Å²) in [5.41, 5.74) is 1.45. The molecule has 5 heteroatoms. The molecule has 1 aromatic heterocycles. The van der Waals surface area contributed by atoms with Gasteiger partial charge < -0.3 is 5.11 Å². The number of H-pyrrole nitrogens is 1. The lowest BCUT2D eigenvalue weighted by Crippen LogP contribution is -1.83. The van der Waals surface area contributed by atoms with Gasteiger partial charge in [0, 0.05) is 14.9 Å². The Morgan fingerprint density at radius 2 is 2.31 bits per heavy atom. The van der Waals surface area contributed by atoms with Gasteiger partial charge in [-0.3, -0.25) is 5.10 Å². The zero-order valence-corrected chi connectivity index (χ0v) is 8.85. The number of aliphatic hydroxyl groups is 1. The number of aromatic amines is 1. The molecule has 0 aliphatic rings. The van der Waals surface area contributed by atoms with E-state index in [1.54, 1.807) is 12.1 Å². The molecule has 0 atom stereocenters. The van der Waals surface area contributed by atoms with Crippen LogP contribution in [0.25, 0.3) is 10.9 Å². The summed E-state index contributed by atoms with van der Waals surface area (Å²) in [6.07, 6.45) is 0. The highest BCUT2D eigenvalue weighted by Gasteiger charge is 2.08. The number of hydrogen-bond donors (Lipinski definition) is 2. The van der Waals surface area contributed by atoms with Crippen molar-refractivity contribution >= 4 is 38.4 Å². The average Bonchev–Trinajstić information content (AvgIpc) is 2.47. The molecule has 2 rings (SSSR count). The Morgan fingerprint density at radius 3 is 3.00 bits per heavy atom. The fraction of sp³-hybridized carbons (Fsp3) is 0.125. The molecule has 2 aromatic rings. The third kappa shape index (κ3) is 1.45. The molecule has 13 heavy (non-hydrogen) atoms. The Kier molecular flexibility index (Phi) is 2.27. The highest BCUT2D eigenvalue weighted by atomic mass is 79.9. The molecule has 0 amide bonds. The predicted molar refractivity (Wildman–Crippen MR) is 54.7 cm³/mol. The number of nitrogens with one attached hydrogen (secondary N) is 1. The van der Waals surface area contributed by atoms with Gasteiger partial charge >= 0.3 is 0 Å². The Morgan fingerprint density at radius 1 is 1.54 bits per heavy atom. The fourth-order valence-electron chi connectivity index (χ4n) is 1.24. The normalized spacial score (nSPS) is 11.0. The first kappa shape index (κ1) is 8.99. The standard InChI is InChI=1S/C8H6BrClN2O/c9-5-1-4(10)2-6-8(5)7(3-13)12-11-6/h1-2,13H,3H2,(H,11,12). The second kappa shape index (κ2) is 3.29. The van der Waals surface area contributed by atoms with Gasteiger partial charge in [0.1, 0.15) is 0 Å². The van der Waals surface area contributed by atoms with Crippen molar-refractivity contribution in [2.24, 2.45) is 0 Å². The third-order valence-corrected chi connectivity index (χ3v) is 2.65. The number of rotatable bonds is 1. The van der Waals surface area contributed by atoms with Crippen molar-refractivity contribution in [1.82, 2.24) is 10.2 Å². The molecule has 0 fully saturated rings. The second-order valence-corrected chi connectivity index (χ2v) is 3.93. The lowest BCUT2D eigenvalue weighted by atomic mass is 10.2. The van der Waals surface area contributed by atoms with Gasteiger partial charge in [0.2, 0.25) is 0 Å². The number of aromatic nitrogens is 2. The summed E-state index contributed by atoms with van der Waals surface area (Å²) in [7, 11) is 0. The molecular weight excluding hydrogens is 255 g/mol. The summed E-state index contributed by atoms with van der Waals surface area (Å²) in [5.74, 6) is 0. The summed E-state index contributed by atoms with van der Waals surface area (Å²) in [4.78, 5) is 0. The number of aliphatic hydroxyl groups excluding tert-OH is 1. The van der Waals surface area contributed by atoms with Crippen LogP contribution in [0, 0.1) is 0 Å². The Labute approximate surface area is 87.8 Å². The molecule has 1 heterocycles. The molecule has 0 bridgehead atoms. The largest absolute Gasteiger partial charge is 0.390 e. The first-order valence-corrected chi connectivity index (χ1v) is 4.82. The summed E-state index contributed by atoms with van der Waals surface area (Å²) in [5, 5.41) is 17.2. The van der Waals surface area contributed by atoms with E-state index in [9.17, 15) is 0 Å². The number of fused-ring (bicyclic) bond motifs is 1. The highest BCUT2D eigenvalue weighted by molar-refractivity contribution is 9.10. The van der Waals surface area contributed by atoms with E-state index < -0.39 is 0 Å². The molecule has 3 nitrogen and oxygen atoms in total. The van der Waals surface area contributed by atoms with Crippen molar-refractivity contribution in [3.63, 3.8) is 0 Å². The van der Waals surface area contributed by atoms with Crippen LogP contribution in [0.5, 0.6) is 0 Å². The van der Waals surface area contributed by atoms with Gasteiger partial charge in [-0.2, -0.15) is 5.10 Å². The molecule has 0 radical (unpaired) electrons. The fourth-order valence-corrected chi connectivity index (χ4v) is 2.28. The molecule has 0 saturated carbocycles. The van der Waals surface area contributed by atoms with Gasteiger partial charge in [-0.05, 0) is 28.1 Å². The molecule has 0 saturated heterocycles. The van der Waals surface area contributed by atoms with Gasteiger partial charge in [-0.1, -0.05) is 11.6 Å². The monoisotopic (exact) mass is 260 g/mol. The quantitative estimate of drug-likeness (QED) is 0.828. The van der Waals surface area contributed by atoms with Crippen LogP contribution in [-0.2, 0) is 6.61 Å². The minimum atomic E-state index is -0.0588. The number of nitrogens with zero attached hydrogens (tertiary/aromatic N) is 1. The van der Waals surface area contributed by atoms with Gasteiger partial charge in [0.15, 0.2) is 0 Å². The minimum absolute atomic E-state index is 0.0588. The van der Waals surface area contributed by atoms with E-state index in [-0.39, 0.29) is 6.61 Å². The molecule has 2 N–H and O–H groups in total. The van der Waals surface area contributed by atoms with E-state index in [0.717, 1.165) is 15.4 Å². The average molecular weight is 262 g/mol. The molecule has 0 aliphatic heterocycles. The van der Waals surface area contributed by atoms with E-state index in [1.165, 1.54) is 0 Å². The summed E-state index contributed by atoms with van der Waals surface area (Å²) >= 11 is 9.19. The maximum atomic E-state index is 8.99. The Balaban J connectivity index is 2.82. The third-order valence-electron chi connectivity index (χ3n) is 1.81. The molecule has 0 spiro atoms. The summed E-state index contributed by atoms with van der Waals surface area (Å²) in [6.45, 7) is -0.0588. The molecule has 1 aromatic carbocycles. The zero-order valence-electron chi connectivity index (χ0n) is 6.51. The van der Waals surface area contributed by atoms with Crippen LogP contribution in [-0.4, -0.2) is 15.3 Å². The smallest absolute Gasteiger partial charge is 0.0950 e. The van der Waals surface area contributed by atoms with E-state index >= 15 is 0 Å².